The van der Waals surface area contributed by atoms with Gasteiger partial charge in [-0.1, -0.05) is 6.42 Å². The van der Waals surface area contributed by atoms with Crippen molar-refractivity contribution in [3.8, 4) is 0 Å². The third-order valence-corrected chi connectivity index (χ3v) is 1.29. The standard InChI is InChI=1S/C6H14N2O2.Fe.2HI/c7-4-2-1-3-5(8)6(9)10;;;/h5H,1-4,7-8H2,(H,9,10);;2*1H/q;+2;;/p-2/t5-;;;/m0.../s1. The van der Waals surface area contributed by atoms with Gasteiger partial charge in [0.05, 0.1) is 0 Å². The molecule has 0 aliphatic carbocycles. The molecule has 0 aromatic heterocycles. The first kappa shape index (κ1) is 16.8. The van der Waals surface area contributed by atoms with Crippen molar-refractivity contribution in [1.82, 2.24) is 0 Å². The second kappa shape index (κ2) is 13.4. The van der Waals surface area contributed by atoms with E-state index in [4.69, 9.17) is 16.6 Å². The van der Waals surface area contributed by atoms with Crippen LogP contribution in [-0.2, 0) is 13.3 Å². The van der Waals surface area contributed by atoms with Gasteiger partial charge in [-0.25, -0.2) is 0 Å². The molecule has 82 valence electrons. The van der Waals surface area contributed by atoms with Crippen LogP contribution < -0.4 is 11.5 Å². The van der Waals surface area contributed by atoms with E-state index in [0.29, 0.717) is 13.0 Å². The monoisotopic (exact) mass is 456 g/mol. The van der Waals surface area contributed by atoms with Crippen LogP contribution >= 0.6 is 40.7 Å². The molecule has 0 fully saturated rings. The third-order valence-electron chi connectivity index (χ3n) is 1.29. The predicted octanol–water partition coefficient (Wildman–Crippen LogP) is 1.30. The molecule has 0 aromatic rings. The molecular formula is C6H14FeI2N2O2. The number of halogens is 2. The summed E-state index contributed by atoms with van der Waals surface area (Å²) in [6.07, 6.45) is 2.16. The zero-order chi connectivity index (χ0) is 10.7. The van der Waals surface area contributed by atoms with Crippen molar-refractivity contribution < 1.29 is 18.4 Å². The number of hydrogen-bond acceptors (Lipinski definition) is 3. The van der Waals surface area contributed by atoms with Gasteiger partial charge >= 0.3 is 55.1 Å². The Kier molecular flexibility index (Phi) is 17.3. The zero-order valence-electron chi connectivity index (χ0n) is 7.03. The van der Waals surface area contributed by atoms with Gasteiger partial charge < -0.3 is 16.6 Å². The van der Waals surface area contributed by atoms with Crippen molar-refractivity contribution in [2.75, 3.05) is 6.54 Å². The first-order chi connectivity index (χ1) is 6.09. The zero-order valence-corrected chi connectivity index (χ0v) is 12.4. The first-order valence-corrected chi connectivity index (χ1v) is 10.8. The van der Waals surface area contributed by atoms with E-state index in [2.05, 4.69) is 40.7 Å². The van der Waals surface area contributed by atoms with Gasteiger partial charge in [0.15, 0.2) is 0 Å². The summed E-state index contributed by atoms with van der Waals surface area (Å²) in [5.41, 5.74) is 10.4. The summed E-state index contributed by atoms with van der Waals surface area (Å²) in [5, 5.41) is 8.33. The second-order valence-electron chi connectivity index (χ2n) is 2.28. The van der Waals surface area contributed by atoms with Gasteiger partial charge in [0.25, 0.3) is 0 Å². The molecule has 0 aromatic carbocycles. The van der Waals surface area contributed by atoms with Crippen molar-refractivity contribution in [3.05, 3.63) is 0 Å². The number of hydrogen-bond donors (Lipinski definition) is 3. The Morgan fingerprint density at radius 3 is 2.23 bits per heavy atom. The molecule has 0 unspecified atom stereocenters. The molecular weight excluding hydrogens is 442 g/mol. The number of nitrogens with two attached hydrogens (primary N) is 2. The first-order valence-electron chi connectivity index (χ1n) is 3.63. The SMILES string of the molecule is NCCCC[C@H](N)C(=O)O.[I][Fe][I]. The number of unbranched alkanes of at least 4 members (excludes halogenated alkanes) is 1. The normalized spacial score (nSPS) is 11.7. The number of rotatable bonds is 5. The fraction of sp³-hybridized carbons (Fsp3) is 0.833. The molecule has 7 heteroatoms. The predicted molar refractivity (Wildman–Crippen MR) is 66.6 cm³/mol. The molecule has 13 heavy (non-hydrogen) atoms. The molecule has 0 aliphatic heterocycles. The average Bonchev–Trinajstić information content (AvgIpc) is 2.06. The van der Waals surface area contributed by atoms with E-state index in [-0.39, 0.29) is 0 Å². The van der Waals surface area contributed by atoms with Crippen LogP contribution in [0.15, 0.2) is 0 Å². The quantitative estimate of drug-likeness (QED) is 0.331. The van der Waals surface area contributed by atoms with Crippen LogP contribution in [0.25, 0.3) is 0 Å². The Labute approximate surface area is 107 Å². The van der Waals surface area contributed by atoms with E-state index in [9.17, 15) is 4.79 Å². The van der Waals surface area contributed by atoms with Crippen molar-refractivity contribution >= 4 is 46.7 Å². The Balaban J connectivity index is 0. The van der Waals surface area contributed by atoms with Gasteiger partial charge in [-0.3, -0.25) is 4.79 Å². The minimum atomic E-state index is -0.933. The molecule has 0 aliphatic rings. The van der Waals surface area contributed by atoms with E-state index in [1.165, 1.54) is 8.46 Å². The number of aliphatic carboxylic acids is 1. The molecule has 4 nitrogen and oxygen atoms in total. The topological polar surface area (TPSA) is 89.3 Å². The van der Waals surface area contributed by atoms with Crippen LogP contribution in [0.1, 0.15) is 19.3 Å². The van der Waals surface area contributed by atoms with E-state index in [1.54, 1.807) is 0 Å². The molecule has 0 bridgehead atoms. The molecule has 0 radical (unpaired) electrons. The molecule has 0 amide bonds. The van der Waals surface area contributed by atoms with Gasteiger partial charge in [-0.05, 0) is 19.4 Å². The van der Waals surface area contributed by atoms with Crippen molar-refractivity contribution in [1.29, 1.82) is 0 Å². The van der Waals surface area contributed by atoms with Gasteiger partial charge in [0.2, 0.25) is 0 Å². The van der Waals surface area contributed by atoms with Crippen molar-refractivity contribution in [2.24, 2.45) is 11.5 Å². The Hall–Kier alpha value is 1.37. The molecule has 0 saturated heterocycles. The van der Waals surface area contributed by atoms with Crippen LogP contribution in [0.4, 0.5) is 0 Å². The van der Waals surface area contributed by atoms with E-state index < -0.39 is 12.0 Å². The number of carbonyl (C=O) groups is 1. The molecule has 0 saturated carbocycles. The minimum absolute atomic E-state index is 0.520. The van der Waals surface area contributed by atoms with Crippen LogP contribution in [0, 0.1) is 0 Å². The number of carboxylic acids is 1. The van der Waals surface area contributed by atoms with Crippen LogP contribution in [0.3, 0.4) is 0 Å². The van der Waals surface area contributed by atoms with Crippen LogP contribution in [-0.4, -0.2) is 23.7 Å². The molecule has 1 atom stereocenters. The van der Waals surface area contributed by atoms with Crippen LogP contribution in [0.5, 0.6) is 0 Å². The van der Waals surface area contributed by atoms with E-state index in [1.807, 2.05) is 0 Å². The van der Waals surface area contributed by atoms with Gasteiger partial charge in [0.1, 0.15) is 6.04 Å². The van der Waals surface area contributed by atoms with Crippen LogP contribution in [0.2, 0.25) is 0 Å². The number of carboxylic acid groups (broad SMARTS) is 1. The summed E-state index contributed by atoms with van der Waals surface area (Å²) in [6.45, 7) is 0.604. The Bertz CT molecular complexity index is 129. The Morgan fingerprint density at radius 2 is 1.92 bits per heavy atom. The van der Waals surface area contributed by atoms with E-state index >= 15 is 0 Å². The van der Waals surface area contributed by atoms with Crippen molar-refractivity contribution in [2.45, 2.75) is 25.3 Å². The third kappa shape index (κ3) is 16.1. The van der Waals surface area contributed by atoms with E-state index in [0.717, 1.165) is 12.8 Å². The summed E-state index contributed by atoms with van der Waals surface area (Å²) in [7, 11) is 1.19. The average molecular weight is 456 g/mol. The molecule has 0 rings (SSSR count). The van der Waals surface area contributed by atoms with Gasteiger partial charge in [0, 0.05) is 0 Å². The van der Waals surface area contributed by atoms with Crippen molar-refractivity contribution in [3.63, 3.8) is 0 Å². The molecule has 0 spiro atoms. The fourth-order valence-corrected chi connectivity index (χ4v) is 0.632. The fourth-order valence-electron chi connectivity index (χ4n) is 0.632. The summed E-state index contributed by atoms with van der Waals surface area (Å²) < 4.78 is 0. The van der Waals surface area contributed by atoms with Gasteiger partial charge in [-0.15, -0.1) is 0 Å². The Morgan fingerprint density at radius 1 is 1.46 bits per heavy atom. The van der Waals surface area contributed by atoms with Gasteiger partial charge in [-0.2, -0.15) is 0 Å². The molecule has 0 heterocycles. The summed E-state index contributed by atoms with van der Waals surface area (Å²) >= 11 is 4.55. The maximum absolute atomic E-state index is 10.1. The summed E-state index contributed by atoms with van der Waals surface area (Å²) in [6, 6.07) is -0.716. The second-order valence-corrected chi connectivity index (χ2v) is 11.6. The summed E-state index contributed by atoms with van der Waals surface area (Å²) in [4.78, 5) is 10.1. The molecule has 5 N–H and O–H groups in total. The summed E-state index contributed by atoms with van der Waals surface area (Å²) in [5.74, 6) is -0.933. The maximum atomic E-state index is 10.1.